The quantitative estimate of drug-likeness (QED) is 0.375. The second-order valence-corrected chi connectivity index (χ2v) is 8.78. The lowest BCUT2D eigenvalue weighted by molar-refractivity contribution is 0.0759. The van der Waals surface area contributed by atoms with Crippen molar-refractivity contribution >= 4 is 28.4 Å². The van der Waals surface area contributed by atoms with Gasteiger partial charge in [-0.25, -0.2) is 0 Å². The molecule has 1 atom stereocenters. The standard InChI is InChI=1S/C27H23NO2S/c29-26(23-15-14-21-10-4-5-11-22(21)18-23)28-16-17-31-27(28)24-12-6-7-13-25(24)30-19-20-8-2-1-3-9-20/h1-15,18,27H,16-17,19H2. The Labute approximate surface area is 186 Å². The zero-order chi connectivity index (χ0) is 21.0. The molecule has 31 heavy (non-hydrogen) atoms. The molecule has 0 N–H and O–H groups in total. The van der Waals surface area contributed by atoms with Crippen LogP contribution in [0.4, 0.5) is 0 Å². The molecule has 0 spiro atoms. The monoisotopic (exact) mass is 425 g/mol. The van der Waals surface area contributed by atoms with E-state index in [4.69, 9.17) is 4.74 Å². The van der Waals surface area contributed by atoms with Gasteiger partial charge in [-0.15, -0.1) is 11.8 Å². The Morgan fingerprint density at radius 2 is 1.61 bits per heavy atom. The summed E-state index contributed by atoms with van der Waals surface area (Å²) in [7, 11) is 0. The van der Waals surface area contributed by atoms with Crippen LogP contribution in [-0.4, -0.2) is 23.1 Å². The highest BCUT2D eigenvalue weighted by Gasteiger charge is 2.33. The van der Waals surface area contributed by atoms with E-state index in [-0.39, 0.29) is 11.3 Å². The van der Waals surface area contributed by atoms with Crippen molar-refractivity contribution in [1.29, 1.82) is 0 Å². The summed E-state index contributed by atoms with van der Waals surface area (Å²) in [5, 5.41) is 2.18. The zero-order valence-electron chi connectivity index (χ0n) is 17.1. The fraction of sp³-hybridized carbons (Fsp3) is 0.148. The zero-order valence-corrected chi connectivity index (χ0v) is 17.9. The second-order valence-electron chi connectivity index (χ2n) is 7.60. The van der Waals surface area contributed by atoms with E-state index >= 15 is 0 Å². The van der Waals surface area contributed by atoms with Gasteiger partial charge in [0.05, 0.1) is 0 Å². The maximum atomic E-state index is 13.4. The van der Waals surface area contributed by atoms with Crippen LogP contribution in [0.5, 0.6) is 5.75 Å². The first kappa shape index (κ1) is 19.7. The third-order valence-corrected chi connectivity index (χ3v) is 6.81. The summed E-state index contributed by atoms with van der Waals surface area (Å²) in [6.45, 7) is 1.24. The van der Waals surface area contributed by atoms with E-state index in [9.17, 15) is 4.79 Å². The summed E-state index contributed by atoms with van der Waals surface area (Å²) >= 11 is 1.79. The van der Waals surface area contributed by atoms with Crippen LogP contribution < -0.4 is 4.74 Å². The Balaban J connectivity index is 1.40. The fourth-order valence-electron chi connectivity index (χ4n) is 3.98. The van der Waals surface area contributed by atoms with Gasteiger partial charge in [-0.2, -0.15) is 0 Å². The Bertz CT molecular complexity index is 1210. The molecule has 3 nitrogen and oxygen atoms in total. The summed E-state index contributed by atoms with van der Waals surface area (Å²) in [5.74, 6) is 1.82. The van der Waals surface area contributed by atoms with Gasteiger partial charge >= 0.3 is 0 Å². The van der Waals surface area contributed by atoms with Crippen molar-refractivity contribution in [2.75, 3.05) is 12.3 Å². The minimum Gasteiger partial charge on any atom is -0.489 e. The van der Waals surface area contributed by atoms with Gasteiger partial charge in [0.1, 0.15) is 17.7 Å². The number of hydrogen-bond donors (Lipinski definition) is 0. The number of benzene rings is 4. The summed E-state index contributed by atoms with van der Waals surface area (Å²) in [4.78, 5) is 15.4. The molecule has 1 saturated heterocycles. The van der Waals surface area contributed by atoms with Crippen LogP contribution in [0.15, 0.2) is 97.1 Å². The normalized spacial score (nSPS) is 15.9. The Kier molecular flexibility index (Phi) is 5.63. The first-order valence-electron chi connectivity index (χ1n) is 10.5. The molecule has 1 amide bonds. The van der Waals surface area contributed by atoms with Crippen molar-refractivity contribution in [1.82, 2.24) is 4.90 Å². The lowest BCUT2D eigenvalue weighted by Crippen LogP contribution is -2.30. The Hall–Kier alpha value is -3.24. The molecule has 4 aromatic rings. The van der Waals surface area contributed by atoms with E-state index < -0.39 is 0 Å². The van der Waals surface area contributed by atoms with Crippen LogP contribution in [0.3, 0.4) is 0 Å². The molecule has 154 valence electrons. The van der Waals surface area contributed by atoms with E-state index in [1.807, 2.05) is 71.6 Å². The van der Waals surface area contributed by atoms with Gasteiger partial charge in [-0.3, -0.25) is 4.79 Å². The summed E-state index contributed by atoms with van der Waals surface area (Å²) in [6.07, 6.45) is 0. The maximum absolute atomic E-state index is 13.4. The van der Waals surface area contributed by atoms with E-state index in [0.717, 1.165) is 45.5 Å². The Morgan fingerprint density at radius 1 is 0.871 bits per heavy atom. The molecule has 1 aliphatic rings. The van der Waals surface area contributed by atoms with Crippen LogP contribution in [0, 0.1) is 0 Å². The van der Waals surface area contributed by atoms with Gasteiger partial charge in [0.15, 0.2) is 0 Å². The number of rotatable bonds is 5. The van der Waals surface area contributed by atoms with Gasteiger partial charge in [-0.1, -0.05) is 78.9 Å². The van der Waals surface area contributed by atoms with E-state index in [2.05, 4.69) is 30.3 Å². The van der Waals surface area contributed by atoms with Gasteiger partial charge in [0.25, 0.3) is 5.91 Å². The number of thioether (sulfide) groups is 1. The van der Waals surface area contributed by atoms with Crippen molar-refractivity contribution in [2.45, 2.75) is 12.0 Å². The molecule has 0 bridgehead atoms. The molecule has 4 aromatic carbocycles. The van der Waals surface area contributed by atoms with Crippen LogP contribution in [0.1, 0.15) is 26.9 Å². The highest BCUT2D eigenvalue weighted by Crippen LogP contribution is 2.42. The van der Waals surface area contributed by atoms with E-state index in [1.54, 1.807) is 11.8 Å². The van der Waals surface area contributed by atoms with Gasteiger partial charge < -0.3 is 9.64 Å². The fourth-order valence-corrected chi connectivity index (χ4v) is 5.26. The number of fused-ring (bicyclic) bond motifs is 1. The van der Waals surface area contributed by atoms with Crippen LogP contribution in [0.2, 0.25) is 0 Å². The van der Waals surface area contributed by atoms with Crippen molar-refractivity contribution in [3.8, 4) is 5.75 Å². The third kappa shape index (κ3) is 4.17. The van der Waals surface area contributed by atoms with Crippen molar-refractivity contribution in [3.05, 3.63) is 114 Å². The molecular weight excluding hydrogens is 402 g/mol. The number of ether oxygens (including phenoxy) is 1. The average Bonchev–Trinajstić information content (AvgIpc) is 3.32. The number of para-hydroxylation sites is 1. The molecule has 5 rings (SSSR count). The first-order valence-corrected chi connectivity index (χ1v) is 11.5. The van der Waals surface area contributed by atoms with Crippen LogP contribution in [0.25, 0.3) is 10.8 Å². The molecule has 1 heterocycles. The molecule has 1 unspecified atom stereocenters. The van der Waals surface area contributed by atoms with Gasteiger partial charge in [-0.05, 0) is 34.5 Å². The number of carbonyl (C=O) groups is 1. The summed E-state index contributed by atoms with van der Waals surface area (Å²) in [6, 6.07) is 32.3. The average molecular weight is 426 g/mol. The predicted octanol–water partition coefficient (Wildman–Crippen LogP) is 6.31. The lowest BCUT2D eigenvalue weighted by Gasteiger charge is -2.26. The number of carbonyl (C=O) groups excluding carboxylic acids is 1. The maximum Gasteiger partial charge on any atom is 0.255 e. The molecule has 4 heteroatoms. The van der Waals surface area contributed by atoms with Crippen LogP contribution in [-0.2, 0) is 6.61 Å². The molecule has 0 aliphatic carbocycles. The highest BCUT2D eigenvalue weighted by atomic mass is 32.2. The highest BCUT2D eigenvalue weighted by molar-refractivity contribution is 7.99. The number of amides is 1. The van der Waals surface area contributed by atoms with Gasteiger partial charge in [0.2, 0.25) is 0 Å². The molecule has 0 radical (unpaired) electrons. The minimum absolute atomic E-state index is 0.0501. The topological polar surface area (TPSA) is 29.5 Å². The molecule has 0 aromatic heterocycles. The minimum atomic E-state index is -0.0501. The molecular formula is C27H23NO2S. The summed E-state index contributed by atoms with van der Waals surface area (Å²) in [5.41, 5.74) is 2.91. The smallest absolute Gasteiger partial charge is 0.255 e. The SMILES string of the molecule is O=C(c1ccc2ccccc2c1)N1CCSC1c1ccccc1OCc1ccccc1. The van der Waals surface area contributed by atoms with Gasteiger partial charge in [0, 0.05) is 23.4 Å². The largest absolute Gasteiger partial charge is 0.489 e. The van der Waals surface area contributed by atoms with Crippen molar-refractivity contribution in [2.24, 2.45) is 0 Å². The number of hydrogen-bond acceptors (Lipinski definition) is 3. The summed E-state index contributed by atoms with van der Waals surface area (Å²) < 4.78 is 6.18. The van der Waals surface area contributed by atoms with Crippen molar-refractivity contribution < 1.29 is 9.53 Å². The molecule has 0 saturated carbocycles. The van der Waals surface area contributed by atoms with Crippen molar-refractivity contribution in [3.63, 3.8) is 0 Å². The lowest BCUT2D eigenvalue weighted by atomic mass is 10.1. The second kappa shape index (κ2) is 8.86. The van der Waals surface area contributed by atoms with Crippen LogP contribution >= 0.6 is 11.8 Å². The van der Waals surface area contributed by atoms with E-state index in [1.165, 1.54) is 0 Å². The Morgan fingerprint density at radius 3 is 2.48 bits per heavy atom. The third-order valence-electron chi connectivity index (χ3n) is 5.57. The van der Waals surface area contributed by atoms with E-state index in [0.29, 0.717) is 6.61 Å². The first-order chi connectivity index (χ1) is 15.3. The molecule has 1 aliphatic heterocycles. The number of nitrogens with zero attached hydrogens (tertiary/aromatic N) is 1. The predicted molar refractivity (Wildman–Crippen MR) is 127 cm³/mol. The molecule has 1 fully saturated rings.